The van der Waals surface area contributed by atoms with E-state index in [1.54, 1.807) is 12.1 Å². The van der Waals surface area contributed by atoms with E-state index in [1.807, 2.05) is 30.3 Å². The van der Waals surface area contributed by atoms with E-state index in [2.05, 4.69) is 0 Å². The van der Waals surface area contributed by atoms with Gasteiger partial charge < -0.3 is 14.8 Å². The molecule has 6 heteroatoms. The molecule has 0 spiro atoms. The summed E-state index contributed by atoms with van der Waals surface area (Å²) in [4.78, 5) is 36.9. The van der Waals surface area contributed by atoms with Crippen LogP contribution in [0.5, 0.6) is 0 Å². The van der Waals surface area contributed by atoms with Gasteiger partial charge in [0.05, 0.1) is 0 Å². The maximum Gasteiger partial charge on any atom is 0.326 e. The van der Waals surface area contributed by atoms with Crippen LogP contribution in [0.2, 0.25) is 0 Å². The minimum absolute atomic E-state index is 0.243. The number of benzene rings is 2. The number of nitrogens with zero attached hydrogens (tertiary/aromatic N) is 1. The average Bonchev–Trinajstić information content (AvgIpc) is 2.67. The van der Waals surface area contributed by atoms with Crippen LogP contribution in [0, 0.1) is 0 Å². The summed E-state index contributed by atoms with van der Waals surface area (Å²) in [7, 11) is 0. The molecule has 1 aromatic heterocycles. The van der Waals surface area contributed by atoms with Crippen LogP contribution in [0.1, 0.15) is 28.9 Å². The lowest BCUT2D eigenvalue weighted by atomic mass is 9.86. The molecule has 27 heavy (non-hydrogen) atoms. The van der Waals surface area contributed by atoms with Gasteiger partial charge in [-0.3, -0.25) is 9.59 Å². The molecule has 1 aliphatic rings. The highest BCUT2D eigenvalue weighted by Crippen LogP contribution is 2.36. The Labute approximate surface area is 153 Å². The lowest BCUT2D eigenvalue weighted by molar-refractivity contribution is -0.140. The highest BCUT2D eigenvalue weighted by molar-refractivity contribution is 6.24. The fourth-order valence-electron chi connectivity index (χ4n) is 3.44. The Morgan fingerprint density at radius 1 is 1.07 bits per heavy atom. The van der Waals surface area contributed by atoms with E-state index in [9.17, 15) is 24.6 Å². The summed E-state index contributed by atoms with van der Waals surface area (Å²) in [6, 6.07) is 11.4. The molecule has 6 nitrogen and oxygen atoms in total. The Hall–Kier alpha value is -3.67. The van der Waals surface area contributed by atoms with Crippen LogP contribution in [0.4, 0.5) is 0 Å². The van der Waals surface area contributed by atoms with Gasteiger partial charge in [-0.05, 0) is 30.2 Å². The summed E-state index contributed by atoms with van der Waals surface area (Å²) in [5.74, 6) is -2.15. The highest BCUT2D eigenvalue weighted by atomic mass is 16.4. The van der Waals surface area contributed by atoms with Gasteiger partial charge in [-0.25, -0.2) is 4.79 Å². The number of ketones is 1. The first-order chi connectivity index (χ1) is 12.9. The second-order valence-electron chi connectivity index (χ2n) is 6.45. The number of allylic oxidation sites excluding steroid dienone is 1. The van der Waals surface area contributed by atoms with Crippen LogP contribution in [-0.2, 0) is 4.79 Å². The fourth-order valence-corrected chi connectivity index (χ4v) is 3.44. The van der Waals surface area contributed by atoms with Crippen molar-refractivity contribution in [2.45, 2.75) is 13.0 Å². The summed E-state index contributed by atoms with van der Waals surface area (Å²) < 4.78 is 1.10. The first kappa shape index (κ1) is 16.8. The number of aliphatic carboxylic acids is 1. The van der Waals surface area contributed by atoms with Crippen molar-refractivity contribution in [1.29, 1.82) is 0 Å². The third-order valence-corrected chi connectivity index (χ3v) is 4.85. The predicted octanol–water partition coefficient (Wildman–Crippen LogP) is 3.41. The maximum atomic E-state index is 12.9. The molecule has 0 radical (unpaired) electrons. The molecule has 2 aromatic carbocycles. The minimum atomic E-state index is -1.15. The topological polar surface area (TPSA) is 96.6 Å². The van der Waals surface area contributed by atoms with Gasteiger partial charge in [0.2, 0.25) is 5.78 Å². The molecule has 4 rings (SSSR count). The largest absolute Gasteiger partial charge is 0.504 e. The van der Waals surface area contributed by atoms with Gasteiger partial charge >= 0.3 is 5.97 Å². The first-order valence-electron chi connectivity index (χ1n) is 8.35. The number of aliphatic hydroxyl groups excluding tert-OH is 1. The Bertz CT molecular complexity index is 1200. The van der Waals surface area contributed by atoms with Crippen LogP contribution in [-0.4, -0.2) is 26.5 Å². The Kier molecular flexibility index (Phi) is 3.70. The summed E-state index contributed by atoms with van der Waals surface area (Å²) in [5.41, 5.74) is 1.58. The molecule has 1 heterocycles. The van der Waals surface area contributed by atoms with Crippen molar-refractivity contribution in [1.82, 2.24) is 4.57 Å². The number of rotatable bonds is 3. The van der Waals surface area contributed by atoms with Gasteiger partial charge in [0.1, 0.15) is 6.04 Å². The van der Waals surface area contributed by atoms with Crippen LogP contribution in [0.3, 0.4) is 0 Å². The standard InChI is InChI=1S/C21H15NO5/c1-11(21(26)27)22-10-13-9-16(23)19(24)18-14(12-5-3-2-4-6-12)7-8-15(17(13)18)20(22)25/h2-11,23H,1H3,(H,26,27). The van der Waals surface area contributed by atoms with Gasteiger partial charge in [0, 0.05) is 28.1 Å². The molecule has 134 valence electrons. The molecule has 1 atom stereocenters. The summed E-state index contributed by atoms with van der Waals surface area (Å²) in [6.07, 6.45) is 2.65. The third kappa shape index (κ3) is 2.45. The van der Waals surface area contributed by atoms with Gasteiger partial charge in [-0.15, -0.1) is 0 Å². The normalized spacial score (nSPS) is 14.1. The summed E-state index contributed by atoms with van der Waals surface area (Å²) in [5, 5.41) is 20.1. The third-order valence-electron chi connectivity index (χ3n) is 4.85. The molecule has 0 amide bonds. The number of Topliss-reactive ketones (excluding diaryl/α,β-unsaturated/α-hetero) is 1. The molecule has 1 aliphatic carbocycles. The molecule has 0 aliphatic heterocycles. The fraction of sp³-hybridized carbons (Fsp3) is 0.0952. The Balaban J connectivity index is 2.13. The average molecular weight is 361 g/mol. The molecular weight excluding hydrogens is 346 g/mol. The molecule has 0 bridgehead atoms. The molecular formula is C21H15NO5. The van der Waals surface area contributed by atoms with E-state index in [-0.39, 0.29) is 10.9 Å². The first-order valence-corrected chi connectivity index (χ1v) is 8.35. The second-order valence-corrected chi connectivity index (χ2v) is 6.45. The Morgan fingerprint density at radius 2 is 1.78 bits per heavy atom. The minimum Gasteiger partial charge on any atom is -0.504 e. The van der Waals surface area contributed by atoms with Crippen LogP contribution < -0.4 is 5.56 Å². The molecule has 0 saturated carbocycles. The van der Waals surface area contributed by atoms with Crippen LogP contribution >= 0.6 is 0 Å². The van der Waals surface area contributed by atoms with E-state index >= 15 is 0 Å². The zero-order valence-electron chi connectivity index (χ0n) is 14.3. The van der Waals surface area contributed by atoms with E-state index in [0.717, 1.165) is 10.1 Å². The quantitative estimate of drug-likeness (QED) is 0.745. The Morgan fingerprint density at radius 3 is 2.44 bits per heavy atom. The van der Waals surface area contributed by atoms with Crippen molar-refractivity contribution >= 4 is 28.6 Å². The van der Waals surface area contributed by atoms with Crippen molar-refractivity contribution in [2.24, 2.45) is 0 Å². The lowest BCUT2D eigenvalue weighted by Gasteiger charge is -2.20. The van der Waals surface area contributed by atoms with E-state index in [1.165, 1.54) is 19.2 Å². The van der Waals surface area contributed by atoms with Crippen molar-refractivity contribution in [2.75, 3.05) is 0 Å². The van der Waals surface area contributed by atoms with Crippen LogP contribution in [0.15, 0.2) is 59.2 Å². The highest BCUT2D eigenvalue weighted by Gasteiger charge is 2.28. The predicted molar refractivity (Wildman–Crippen MR) is 101 cm³/mol. The zero-order chi connectivity index (χ0) is 19.3. The maximum absolute atomic E-state index is 12.9. The van der Waals surface area contributed by atoms with Gasteiger partial charge in [0.25, 0.3) is 5.56 Å². The van der Waals surface area contributed by atoms with Gasteiger partial charge in [-0.2, -0.15) is 0 Å². The number of hydrogen-bond donors (Lipinski definition) is 2. The smallest absolute Gasteiger partial charge is 0.326 e. The molecule has 0 fully saturated rings. The number of hydrogen-bond acceptors (Lipinski definition) is 4. The number of aliphatic hydroxyl groups is 1. The number of pyridine rings is 1. The van der Waals surface area contributed by atoms with Gasteiger partial charge in [0.15, 0.2) is 5.76 Å². The number of carboxylic acid groups (broad SMARTS) is 1. The second kappa shape index (κ2) is 5.95. The number of carboxylic acids is 1. The van der Waals surface area contributed by atoms with Crippen molar-refractivity contribution < 1.29 is 19.8 Å². The van der Waals surface area contributed by atoms with E-state index < -0.39 is 29.1 Å². The van der Waals surface area contributed by atoms with Crippen molar-refractivity contribution in [3.63, 3.8) is 0 Å². The summed E-state index contributed by atoms with van der Waals surface area (Å²) >= 11 is 0. The number of carbonyl (C=O) groups excluding carboxylic acids is 1. The van der Waals surface area contributed by atoms with E-state index in [0.29, 0.717) is 16.5 Å². The van der Waals surface area contributed by atoms with E-state index in [4.69, 9.17) is 0 Å². The van der Waals surface area contributed by atoms with Gasteiger partial charge in [-0.1, -0.05) is 36.4 Å². The zero-order valence-corrected chi connectivity index (χ0v) is 14.3. The van der Waals surface area contributed by atoms with Crippen molar-refractivity contribution in [3.8, 4) is 11.1 Å². The van der Waals surface area contributed by atoms with Crippen LogP contribution in [0.25, 0.3) is 28.0 Å². The number of aromatic nitrogens is 1. The SMILES string of the molecule is CC(C(=O)O)n1cc2c3c(c(-c4ccccc4)ccc3c1=O)C(=O)C(O)=C2. The van der Waals surface area contributed by atoms with Crippen molar-refractivity contribution in [3.05, 3.63) is 75.9 Å². The molecule has 1 unspecified atom stereocenters. The lowest BCUT2D eigenvalue weighted by Crippen LogP contribution is -2.29. The molecule has 2 N–H and O–H groups in total. The monoisotopic (exact) mass is 361 g/mol. The molecule has 0 saturated heterocycles. The summed E-state index contributed by atoms with van der Waals surface area (Å²) in [6.45, 7) is 1.40. The molecule has 3 aromatic rings. The number of carbonyl (C=O) groups is 2.